The zero-order valence-electron chi connectivity index (χ0n) is 15.1. The van der Waals surface area contributed by atoms with E-state index in [9.17, 15) is 14.7 Å². The monoisotopic (exact) mass is 376 g/mol. The van der Waals surface area contributed by atoms with Gasteiger partial charge in [0.05, 0.1) is 11.0 Å². The molecule has 140 valence electrons. The van der Waals surface area contributed by atoms with Gasteiger partial charge in [-0.3, -0.25) is 9.78 Å². The number of nitrogens with zero attached hydrogens (tertiary/aromatic N) is 5. The van der Waals surface area contributed by atoms with Gasteiger partial charge in [0.2, 0.25) is 5.95 Å². The molecule has 4 rings (SSSR count). The number of carboxylic acid groups (broad SMARTS) is 1. The molecule has 0 aliphatic rings. The molecule has 9 nitrogen and oxygen atoms in total. The summed E-state index contributed by atoms with van der Waals surface area (Å²) in [5.74, 6) is -0.931. The van der Waals surface area contributed by atoms with E-state index in [-0.39, 0.29) is 11.6 Å². The fourth-order valence-corrected chi connectivity index (χ4v) is 2.88. The van der Waals surface area contributed by atoms with Crippen molar-refractivity contribution in [1.82, 2.24) is 24.5 Å². The van der Waals surface area contributed by atoms with Crippen molar-refractivity contribution in [1.29, 1.82) is 0 Å². The number of carboxylic acids is 1. The summed E-state index contributed by atoms with van der Waals surface area (Å²) < 4.78 is 1.42. The highest BCUT2D eigenvalue weighted by Crippen LogP contribution is 2.24. The van der Waals surface area contributed by atoms with Gasteiger partial charge in [-0.1, -0.05) is 6.07 Å². The molecule has 0 atom stereocenters. The standard InChI is InChI=1S/C19H16N6O3/c1-24(2)17(26)11-4-3-5-12(8-11)21-19-22-14-6-7-20-10-13(14)16-9-15(18(27)28)23-25(16)19/h3-10H,1-2H3,(H,21,22)(H,27,28). The lowest BCUT2D eigenvalue weighted by molar-refractivity contribution is 0.0689. The van der Waals surface area contributed by atoms with E-state index in [1.54, 1.807) is 56.8 Å². The molecule has 0 aliphatic heterocycles. The Morgan fingerprint density at radius 2 is 2.00 bits per heavy atom. The number of rotatable bonds is 4. The van der Waals surface area contributed by atoms with Gasteiger partial charge in [-0.25, -0.2) is 9.78 Å². The summed E-state index contributed by atoms with van der Waals surface area (Å²) in [6, 6.07) is 10.2. The van der Waals surface area contributed by atoms with Crippen molar-refractivity contribution in [2.75, 3.05) is 19.4 Å². The van der Waals surface area contributed by atoms with Gasteiger partial charge in [-0.05, 0) is 30.3 Å². The first-order valence-electron chi connectivity index (χ1n) is 8.39. The van der Waals surface area contributed by atoms with Crippen LogP contribution in [0.25, 0.3) is 16.4 Å². The molecule has 1 aromatic carbocycles. The van der Waals surface area contributed by atoms with Gasteiger partial charge in [0.1, 0.15) is 0 Å². The highest BCUT2D eigenvalue weighted by Gasteiger charge is 2.16. The predicted octanol–water partition coefficient (Wildman–Crippen LogP) is 2.42. The fourth-order valence-electron chi connectivity index (χ4n) is 2.88. The molecule has 0 bridgehead atoms. The smallest absolute Gasteiger partial charge is 0.356 e. The van der Waals surface area contributed by atoms with E-state index in [2.05, 4.69) is 20.4 Å². The van der Waals surface area contributed by atoms with Gasteiger partial charge >= 0.3 is 5.97 Å². The first-order valence-corrected chi connectivity index (χ1v) is 8.39. The van der Waals surface area contributed by atoms with Gasteiger partial charge in [-0.2, -0.15) is 9.61 Å². The quantitative estimate of drug-likeness (QED) is 0.562. The lowest BCUT2D eigenvalue weighted by atomic mass is 10.2. The topological polar surface area (TPSA) is 113 Å². The van der Waals surface area contributed by atoms with E-state index < -0.39 is 5.97 Å². The molecule has 1 amide bonds. The maximum absolute atomic E-state index is 12.2. The van der Waals surface area contributed by atoms with Crippen LogP contribution in [0.3, 0.4) is 0 Å². The zero-order valence-corrected chi connectivity index (χ0v) is 15.1. The van der Waals surface area contributed by atoms with Crippen LogP contribution in [0.5, 0.6) is 0 Å². The molecule has 4 aromatic rings. The summed E-state index contributed by atoms with van der Waals surface area (Å²) in [7, 11) is 3.37. The summed E-state index contributed by atoms with van der Waals surface area (Å²) in [4.78, 5) is 33.7. The second-order valence-corrected chi connectivity index (χ2v) is 6.37. The first kappa shape index (κ1) is 17.4. The average molecular weight is 376 g/mol. The minimum Gasteiger partial charge on any atom is -0.476 e. The van der Waals surface area contributed by atoms with Crippen molar-refractivity contribution in [3.63, 3.8) is 0 Å². The average Bonchev–Trinajstić information content (AvgIpc) is 3.14. The lowest BCUT2D eigenvalue weighted by Gasteiger charge is -2.13. The van der Waals surface area contributed by atoms with Crippen LogP contribution in [-0.4, -0.2) is 55.6 Å². The van der Waals surface area contributed by atoms with Crippen molar-refractivity contribution in [2.24, 2.45) is 0 Å². The highest BCUT2D eigenvalue weighted by molar-refractivity contribution is 5.98. The third kappa shape index (κ3) is 2.98. The van der Waals surface area contributed by atoms with Crippen molar-refractivity contribution in [2.45, 2.75) is 0 Å². The van der Waals surface area contributed by atoms with Crippen LogP contribution in [0.1, 0.15) is 20.8 Å². The number of anilines is 2. The van der Waals surface area contributed by atoms with E-state index in [0.717, 1.165) is 0 Å². The van der Waals surface area contributed by atoms with Gasteiger partial charge < -0.3 is 15.3 Å². The van der Waals surface area contributed by atoms with Gasteiger partial charge in [0, 0.05) is 43.1 Å². The largest absolute Gasteiger partial charge is 0.476 e. The SMILES string of the molecule is CN(C)C(=O)c1cccc(Nc2nc3ccncc3c3cc(C(=O)O)nn23)c1. The number of fused-ring (bicyclic) bond motifs is 3. The molecule has 0 radical (unpaired) electrons. The summed E-state index contributed by atoms with van der Waals surface area (Å²) in [5, 5.41) is 17.3. The minimum atomic E-state index is -1.13. The lowest BCUT2D eigenvalue weighted by Crippen LogP contribution is -2.21. The summed E-state index contributed by atoms with van der Waals surface area (Å²) in [5.41, 5.74) is 2.25. The Bertz CT molecular complexity index is 1230. The van der Waals surface area contributed by atoms with Crippen molar-refractivity contribution in [3.8, 4) is 0 Å². The molecule has 0 unspecified atom stereocenters. The van der Waals surface area contributed by atoms with Crippen LogP contribution in [-0.2, 0) is 0 Å². The molecule has 2 N–H and O–H groups in total. The van der Waals surface area contributed by atoms with Crippen molar-refractivity contribution in [3.05, 3.63) is 60.0 Å². The number of benzene rings is 1. The molecule has 3 aromatic heterocycles. The first-order chi connectivity index (χ1) is 13.4. The maximum atomic E-state index is 12.2. The molecule has 0 saturated carbocycles. The number of carbonyl (C=O) groups is 2. The Hall–Kier alpha value is -4.01. The Balaban J connectivity index is 1.85. The third-order valence-electron chi connectivity index (χ3n) is 4.20. The Morgan fingerprint density at radius 3 is 2.75 bits per heavy atom. The van der Waals surface area contributed by atoms with E-state index >= 15 is 0 Å². The molecule has 3 heterocycles. The molecule has 0 saturated heterocycles. The molecule has 0 spiro atoms. The number of amides is 1. The van der Waals surface area contributed by atoms with Crippen molar-refractivity contribution < 1.29 is 14.7 Å². The van der Waals surface area contributed by atoms with Crippen molar-refractivity contribution >= 4 is 39.9 Å². The summed E-state index contributed by atoms with van der Waals surface area (Å²) in [6.45, 7) is 0. The van der Waals surface area contributed by atoms with Crippen LogP contribution >= 0.6 is 0 Å². The number of pyridine rings is 1. The molecule has 9 heteroatoms. The molecule has 28 heavy (non-hydrogen) atoms. The second-order valence-electron chi connectivity index (χ2n) is 6.37. The maximum Gasteiger partial charge on any atom is 0.356 e. The minimum absolute atomic E-state index is 0.0993. The fraction of sp³-hybridized carbons (Fsp3) is 0.105. The van der Waals surface area contributed by atoms with E-state index in [4.69, 9.17) is 0 Å². The molecular weight excluding hydrogens is 360 g/mol. The number of carbonyl (C=O) groups excluding carboxylic acids is 1. The number of aromatic nitrogens is 4. The zero-order chi connectivity index (χ0) is 19.8. The van der Waals surface area contributed by atoms with E-state index in [1.807, 2.05) is 0 Å². The summed E-state index contributed by atoms with van der Waals surface area (Å²) in [6.07, 6.45) is 3.23. The Labute approximate surface area is 159 Å². The third-order valence-corrected chi connectivity index (χ3v) is 4.20. The summed E-state index contributed by atoms with van der Waals surface area (Å²) >= 11 is 0. The van der Waals surface area contributed by atoms with E-state index in [1.165, 1.54) is 15.5 Å². The number of aromatic carboxylic acids is 1. The van der Waals surface area contributed by atoms with Gasteiger partial charge in [0.15, 0.2) is 5.69 Å². The van der Waals surface area contributed by atoms with Gasteiger partial charge in [-0.15, -0.1) is 0 Å². The Morgan fingerprint density at radius 1 is 1.18 bits per heavy atom. The van der Waals surface area contributed by atoms with Gasteiger partial charge in [0.25, 0.3) is 5.91 Å². The predicted molar refractivity (Wildman–Crippen MR) is 103 cm³/mol. The van der Waals surface area contributed by atoms with Crippen LogP contribution < -0.4 is 5.32 Å². The van der Waals surface area contributed by atoms with Crippen LogP contribution in [0.4, 0.5) is 11.6 Å². The highest BCUT2D eigenvalue weighted by atomic mass is 16.4. The normalized spacial score (nSPS) is 10.9. The molecular formula is C19H16N6O3. The van der Waals surface area contributed by atoms with E-state index in [0.29, 0.717) is 33.6 Å². The number of nitrogens with one attached hydrogen (secondary N) is 1. The second kappa shape index (κ2) is 6.62. The number of hydrogen-bond donors (Lipinski definition) is 2. The molecule has 0 fully saturated rings. The van der Waals surface area contributed by atoms with Crippen LogP contribution in [0.15, 0.2) is 48.8 Å². The van der Waals surface area contributed by atoms with Crippen LogP contribution in [0, 0.1) is 0 Å². The number of hydrogen-bond acceptors (Lipinski definition) is 6. The Kier molecular flexibility index (Phi) is 4.11. The molecule has 0 aliphatic carbocycles. The van der Waals surface area contributed by atoms with Crippen LogP contribution in [0.2, 0.25) is 0 Å².